The summed E-state index contributed by atoms with van der Waals surface area (Å²) in [6, 6.07) is 8.39. The summed E-state index contributed by atoms with van der Waals surface area (Å²) >= 11 is 6.25. The van der Waals surface area contributed by atoms with Gasteiger partial charge < -0.3 is 9.30 Å². The van der Waals surface area contributed by atoms with E-state index in [0.29, 0.717) is 5.92 Å². The number of hydrogen-bond acceptors (Lipinski definition) is 4. The lowest BCUT2D eigenvalue weighted by atomic mass is 9.82. The van der Waals surface area contributed by atoms with Gasteiger partial charge in [0.2, 0.25) is 0 Å². The minimum atomic E-state index is -0.303. The number of aromatic nitrogens is 2. The van der Waals surface area contributed by atoms with Gasteiger partial charge in [-0.05, 0) is 48.9 Å². The van der Waals surface area contributed by atoms with E-state index in [4.69, 9.17) is 16.5 Å². The molecule has 6 heteroatoms. The van der Waals surface area contributed by atoms with E-state index in [-0.39, 0.29) is 24.2 Å². The van der Waals surface area contributed by atoms with Gasteiger partial charge in [-0.25, -0.2) is 9.40 Å². The number of rotatable bonds is 5. The van der Waals surface area contributed by atoms with Crippen molar-refractivity contribution in [3.8, 4) is 11.3 Å². The van der Waals surface area contributed by atoms with Crippen LogP contribution >= 0.6 is 11.8 Å². The molecule has 2 aliphatic heterocycles. The Balaban J connectivity index is 1.40. The number of imidazole rings is 1. The number of halogens is 1. The average Bonchev–Trinajstić information content (AvgIpc) is 3.46. The highest BCUT2D eigenvalue weighted by Crippen LogP contribution is 2.43. The third-order valence-electron chi connectivity index (χ3n) is 6.96. The Hall–Kier alpha value is -1.85. The monoisotopic (exact) mass is 413 g/mol. The second-order valence-electron chi connectivity index (χ2n) is 8.68. The van der Waals surface area contributed by atoms with Gasteiger partial charge in [0.25, 0.3) is 0 Å². The van der Waals surface area contributed by atoms with E-state index in [1.165, 1.54) is 30.4 Å². The van der Waals surface area contributed by atoms with Gasteiger partial charge in [-0.3, -0.25) is 4.79 Å². The van der Waals surface area contributed by atoms with Gasteiger partial charge in [0.1, 0.15) is 12.1 Å². The summed E-state index contributed by atoms with van der Waals surface area (Å²) in [6.07, 6.45) is 12.3. The number of benzene rings is 1. The first-order chi connectivity index (χ1) is 14.2. The first-order valence-electron chi connectivity index (χ1n) is 11.0. The highest BCUT2D eigenvalue weighted by molar-refractivity contribution is 6.15. The second kappa shape index (κ2) is 8.11. The number of hydrogen-bond donors (Lipinski definition) is 0. The number of carbonyl (C=O) groups excluding carboxylic acids is 1. The molecule has 3 atom stereocenters. The minimum Gasteiger partial charge on any atom is -0.461 e. The van der Waals surface area contributed by atoms with Gasteiger partial charge in [0.15, 0.2) is 0 Å². The molecule has 1 aliphatic carbocycles. The second-order valence-corrected chi connectivity index (χ2v) is 9.11. The fourth-order valence-electron chi connectivity index (χ4n) is 5.43. The normalized spacial score (nSPS) is 25.6. The van der Waals surface area contributed by atoms with Gasteiger partial charge in [-0.2, -0.15) is 0 Å². The predicted molar refractivity (Wildman–Crippen MR) is 112 cm³/mol. The predicted octanol–water partition coefficient (Wildman–Crippen LogP) is 4.95. The van der Waals surface area contributed by atoms with E-state index in [1.54, 1.807) is 4.42 Å². The molecule has 0 bridgehead atoms. The number of nitrogens with zero attached hydrogens (tertiary/aromatic N) is 3. The van der Waals surface area contributed by atoms with Crippen LogP contribution in [0.15, 0.2) is 36.8 Å². The van der Waals surface area contributed by atoms with Crippen molar-refractivity contribution in [2.24, 2.45) is 5.92 Å². The Bertz CT molecular complexity index is 877. The van der Waals surface area contributed by atoms with Crippen LogP contribution in [0.3, 0.4) is 0 Å². The van der Waals surface area contributed by atoms with E-state index in [1.807, 2.05) is 12.5 Å². The molecule has 1 aromatic carbocycles. The van der Waals surface area contributed by atoms with Crippen molar-refractivity contribution in [2.75, 3.05) is 6.54 Å². The zero-order chi connectivity index (χ0) is 19.8. The molecule has 0 N–H and O–H groups in total. The smallest absolute Gasteiger partial charge is 0.324 e. The number of esters is 1. The lowest BCUT2D eigenvalue weighted by Gasteiger charge is -2.33. The molecule has 2 fully saturated rings. The fraction of sp³-hybridized carbons (Fsp3) is 0.565. The van der Waals surface area contributed by atoms with E-state index in [9.17, 15) is 4.79 Å². The van der Waals surface area contributed by atoms with Crippen LogP contribution in [0, 0.1) is 5.92 Å². The summed E-state index contributed by atoms with van der Waals surface area (Å²) in [5.74, 6) is 0.280. The van der Waals surface area contributed by atoms with Crippen LogP contribution < -0.4 is 0 Å². The van der Waals surface area contributed by atoms with Crippen LogP contribution in [-0.2, 0) is 9.53 Å². The molecular weight excluding hydrogens is 386 g/mol. The number of ether oxygens (including phenoxy) is 1. The summed E-state index contributed by atoms with van der Waals surface area (Å²) in [5.41, 5.74) is 3.70. The van der Waals surface area contributed by atoms with Gasteiger partial charge in [0.05, 0.1) is 24.3 Å². The SMILES string of the molecule is O=C(OC(CC1c2ccccc2-c2cncn21)C1CCCCC1)[C@@H]1CCCN1Cl. The molecule has 154 valence electrons. The van der Waals surface area contributed by atoms with Crippen LogP contribution in [0.5, 0.6) is 0 Å². The van der Waals surface area contributed by atoms with Crippen molar-refractivity contribution in [3.05, 3.63) is 42.4 Å². The summed E-state index contributed by atoms with van der Waals surface area (Å²) in [7, 11) is 0. The molecule has 2 aromatic rings. The molecule has 5 nitrogen and oxygen atoms in total. The summed E-state index contributed by atoms with van der Waals surface area (Å²) < 4.78 is 10.1. The van der Waals surface area contributed by atoms with E-state index < -0.39 is 0 Å². The standard InChI is InChI=1S/C23H28ClN3O2/c24-27-12-6-11-19(27)23(28)29-22(16-7-2-1-3-8-16)13-20-17-9-4-5-10-18(17)21-14-25-15-26(20)21/h4-5,9-10,14-16,19-20,22H,1-3,6-8,11-13H2/t19-,20?,22?/m0/s1. The molecule has 3 heterocycles. The molecule has 5 rings (SSSR count). The van der Waals surface area contributed by atoms with Gasteiger partial charge in [-0.1, -0.05) is 43.5 Å². The molecule has 1 saturated carbocycles. The van der Waals surface area contributed by atoms with Crippen LogP contribution in [0.1, 0.15) is 63.0 Å². The Morgan fingerprint density at radius 2 is 2.00 bits per heavy atom. The van der Waals surface area contributed by atoms with Gasteiger partial charge >= 0.3 is 5.97 Å². The van der Waals surface area contributed by atoms with Gasteiger partial charge in [0, 0.05) is 18.5 Å². The van der Waals surface area contributed by atoms with E-state index in [0.717, 1.165) is 44.3 Å². The van der Waals surface area contributed by atoms with E-state index in [2.05, 4.69) is 33.8 Å². The van der Waals surface area contributed by atoms with Crippen molar-refractivity contribution in [3.63, 3.8) is 0 Å². The van der Waals surface area contributed by atoms with Crippen molar-refractivity contribution in [1.29, 1.82) is 0 Å². The van der Waals surface area contributed by atoms with Crippen LogP contribution in [0.4, 0.5) is 0 Å². The molecule has 0 spiro atoms. The number of carbonyl (C=O) groups is 1. The molecule has 0 amide bonds. The molecule has 3 aliphatic rings. The highest BCUT2D eigenvalue weighted by Gasteiger charge is 2.38. The van der Waals surface area contributed by atoms with Crippen molar-refractivity contribution in [2.45, 2.75) is 69.6 Å². The maximum absolute atomic E-state index is 13.0. The van der Waals surface area contributed by atoms with Crippen LogP contribution in [0.2, 0.25) is 0 Å². The fourth-order valence-corrected chi connectivity index (χ4v) is 5.72. The average molecular weight is 414 g/mol. The highest BCUT2D eigenvalue weighted by atomic mass is 35.5. The third kappa shape index (κ3) is 3.59. The van der Waals surface area contributed by atoms with Crippen molar-refractivity contribution in [1.82, 2.24) is 14.0 Å². The summed E-state index contributed by atoms with van der Waals surface area (Å²) in [5, 5.41) is 0. The Morgan fingerprint density at radius 3 is 2.79 bits per heavy atom. The Labute approximate surface area is 177 Å². The lowest BCUT2D eigenvalue weighted by molar-refractivity contribution is -0.157. The van der Waals surface area contributed by atoms with Crippen molar-refractivity contribution < 1.29 is 9.53 Å². The molecule has 0 radical (unpaired) electrons. The largest absolute Gasteiger partial charge is 0.461 e. The van der Waals surface area contributed by atoms with Crippen LogP contribution in [0.25, 0.3) is 11.3 Å². The Kier molecular flexibility index (Phi) is 5.35. The zero-order valence-corrected chi connectivity index (χ0v) is 17.4. The van der Waals surface area contributed by atoms with Crippen molar-refractivity contribution >= 4 is 17.7 Å². The van der Waals surface area contributed by atoms with Crippen LogP contribution in [-0.4, -0.2) is 38.6 Å². The molecular formula is C23H28ClN3O2. The lowest BCUT2D eigenvalue weighted by Crippen LogP contribution is -2.38. The molecule has 1 saturated heterocycles. The van der Waals surface area contributed by atoms with Gasteiger partial charge in [-0.15, -0.1) is 0 Å². The molecule has 2 unspecified atom stereocenters. The maximum atomic E-state index is 13.0. The quantitative estimate of drug-likeness (QED) is 0.513. The first kappa shape index (κ1) is 19.1. The number of fused-ring (bicyclic) bond motifs is 3. The Morgan fingerprint density at radius 1 is 1.17 bits per heavy atom. The first-order valence-corrected chi connectivity index (χ1v) is 11.3. The maximum Gasteiger partial charge on any atom is 0.324 e. The minimum absolute atomic E-state index is 0.0835. The molecule has 29 heavy (non-hydrogen) atoms. The summed E-state index contributed by atoms with van der Waals surface area (Å²) in [6.45, 7) is 0.754. The third-order valence-corrected chi connectivity index (χ3v) is 7.36. The molecule has 1 aromatic heterocycles. The summed E-state index contributed by atoms with van der Waals surface area (Å²) in [4.78, 5) is 17.3. The van der Waals surface area contributed by atoms with E-state index >= 15 is 0 Å². The topological polar surface area (TPSA) is 47.4 Å². The zero-order valence-electron chi connectivity index (χ0n) is 16.7.